The summed E-state index contributed by atoms with van der Waals surface area (Å²) in [6.45, 7) is 13.5. The van der Waals surface area contributed by atoms with Gasteiger partial charge in [-0.3, -0.25) is 9.69 Å². The van der Waals surface area contributed by atoms with Gasteiger partial charge in [0.25, 0.3) is 0 Å². The Labute approximate surface area is 266 Å². The number of phenols is 1. The lowest BCUT2D eigenvalue weighted by Crippen LogP contribution is -2.56. The van der Waals surface area contributed by atoms with E-state index < -0.39 is 23.6 Å². The van der Waals surface area contributed by atoms with Crippen molar-refractivity contribution in [2.45, 2.75) is 55.8 Å². The van der Waals surface area contributed by atoms with Crippen molar-refractivity contribution in [2.75, 3.05) is 50.8 Å². The molecular weight excluding hydrogens is 590 g/mol. The molecule has 5 atom stereocenters. The van der Waals surface area contributed by atoms with Gasteiger partial charge in [0.2, 0.25) is 12.5 Å². The summed E-state index contributed by atoms with van der Waals surface area (Å²) < 4.78 is 37.6. The van der Waals surface area contributed by atoms with Gasteiger partial charge in [0.05, 0.1) is 11.1 Å². The Morgan fingerprint density at radius 3 is 2.96 bits per heavy atom. The molecule has 238 valence electrons. The van der Waals surface area contributed by atoms with Crippen LogP contribution in [-0.2, 0) is 11.2 Å². The maximum atomic E-state index is 16.9. The second-order valence-electron chi connectivity index (χ2n) is 13.5. The predicted molar refractivity (Wildman–Crippen MR) is 169 cm³/mol. The number of carbonyl (C=O) groups excluding carboxylic acids is 1. The number of anilines is 1. The van der Waals surface area contributed by atoms with Crippen LogP contribution in [0.1, 0.15) is 42.7 Å². The van der Waals surface area contributed by atoms with Crippen molar-refractivity contribution >= 4 is 22.6 Å². The van der Waals surface area contributed by atoms with E-state index in [1.54, 1.807) is 4.90 Å². The average molecular weight is 627 g/mol. The largest absolute Gasteiger partial charge is 0.507 e. The highest BCUT2D eigenvalue weighted by Gasteiger charge is 2.50. The van der Waals surface area contributed by atoms with E-state index in [1.165, 1.54) is 17.7 Å². The number of amides is 1. The number of ether oxygens (including phenoxy) is 1. The molecule has 5 aliphatic rings. The van der Waals surface area contributed by atoms with E-state index >= 15 is 4.39 Å². The molecule has 4 heterocycles. The van der Waals surface area contributed by atoms with Crippen molar-refractivity contribution in [2.24, 2.45) is 5.92 Å². The molecule has 2 aromatic carbocycles. The Morgan fingerprint density at radius 1 is 1.26 bits per heavy atom. The summed E-state index contributed by atoms with van der Waals surface area (Å²) in [5, 5.41) is 11.7. The van der Waals surface area contributed by atoms with E-state index in [9.17, 15) is 14.3 Å². The third-order valence-corrected chi connectivity index (χ3v) is 10.9. The van der Waals surface area contributed by atoms with Crippen LogP contribution in [0.4, 0.5) is 14.6 Å². The summed E-state index contributed by atoms with van der Waals surface area (Å²) in [7, 11) is 0. The van der Waals surface area contributed by atoms with Crippen molar-refractivity contribution in [3.63, 3.8) is 0 Å². The third kappa shape index (κ3) is 4.60. The van der Waals surface area contributed by atoms with Crippen LogP contribution in [0, 0.1) is 18.3 Å². The number of carbonyl (C=O) groups is 1. The number of hydrogen-bond donors (Lipinski definition) is 1. The normalized spacial score (nSPS) is 28.1. The maximum Gasteiger partial charge on any atom is 0.319 e. The number of aromatic nitrogens is 2. The van der Waals surface area contributed by atoms with Gasteiger partial charge < -0.3 is 24.5 Å². The van der Waals surface area contributed by atoms with E-state index in [2.05, 4.69) is 27.4 Å². The molecule has 11 heteroatoms. The molecule has 4 fully saturated rings. The summed E-state index contributed by atoms with van der Waals surface area (Å²) >= 11 is 0. The second kappa shape index (κ2) is 10.9. The van der Waals surface area contributed by atoms with Crippen molar-refractivity contribution in [1.82, 2.24) is 19.8 Å². The van der Waals surface area contributed by atoms with Gasteiger partial charge in [0, 0.05) is 38.0 Å². The number of phenolic OH excluding ortho intramolecular Hbond substituents is 1. The molecule has 1 aromatic heterocycles. The van der Waals surface area contributed by atoms with E-state index in [0.29, 0.717) is 54.7 Å². The predicted octanol–water partition coefficient (Wildman–Crippen LogP) is 4.88. The Bertz CT molecular complexity index is 1810. The molecule has 9 nitrogen and oxygen atoms in total. The Kier molecular flexibility index (Phi) is 6.90. The monoisotopic (exact) mass is 626 g/mol. The highest BCUT2D eigenvalue weighted by molar-refractivity contribution is 5.97. The zero-order chi connectivity index (χ0) is 31.7. The molecular formula is C35H36F2N6O3. The first-order valence-corrected chi connectivity index (χ1v) is 16.2. The van der Waals surface area contributed by atoms with E-state index in [0.717, 1.165) is 37.8 Å². The van der Waals surface area contributed by atoms with Gasteiger partial charge in [-0.25, -0.2) is 15.4 Å². The van der Waals surface area contributed by atoms with E-state index in [-0.39, 0.29) is 48.4 Å². The van der Waals surface area contributed by atoms with Gasteiger partial charge >= 0.3 is 6.01 Å². The number of nitrogens with zero attached hydrogens (tertiary/aromatic N) is 6. The molecule has 3 aromatic rings. The summed E-state index contributed by atoms with van der Waals surface area (Å²) in [6, 6.07) is 6.95. The van der Waals surface area contributed by atoms with Crippen LogP contribution in [0.15, 0.2) is 36.9 Å². The number of aromatic hydroxyl groups is 1. The SMILES string of the molecule is [C-]#[N+]C[C@H]1CN(c2nc(OC[C@@]34CCCN3C[C@H](F)C4)nc3c(F)c(-c4cccc5c4C[C@@H]4C[C@H]54)c(O)cc23)CCN1C(=O)C=C. The molecule has 0 unspecified atom stereocenters. The molecule has 3 aliphatic heterocycles. The van der Waals surface area contributed by atoms with E-state index in [1.807, 2.05) is 17.0 Å². The van der Waals surface area contributed by atoms with E-state index in [4.69, 9.17) is 16.3 Å². The topological polar surface area (TPSA) is 86.4 Å². The molecule has 1 saturated carbocycles. The highest BCUT2D eigenvalue weighted by atomic mass is 19.1. The number of halogens is 2. The number of hydrogen-bond acceptors (Lipinski definition) is 7. The first-order valence-electron chi connectivity index (χ1n) is 16.2. The quantitative estimate of drug-likeness (QED) is 0.296. The molecule has 0 spiro atoms. The molecule has 2 aliphatic carbocycles. The van der Waals surface area contributed by atoms with Crippen LogP contribution in [0.2, 0.25) is 0 Å². The fourth-order valence-electron chi connectivity index (χ4n) is 8.63. The van der Waals surface area contributed by atoms with Gasteiger partial charge in [-0.15, -0.1) is 0 Å². The molecule has 1 amide bonds. The number of rotatable bonds is 7. The molecule has 8 rings (SSSR count). The van der Waals surface area contributed by atoms with Crippen molar-refractivity contribution in [3.8, 4) is 22.9 Å². The van der Waals surface area contributed by atoms with Crippen LogP contribution in [0.25, 0.3) is 26.9 Å². The fraction of sp³-hybridized carbons (Fsp3) is 0.486. The van der Waals surface area contributed by atoms with Crippen LogP contribution >= 0.6 is 0 Å². The standard InChI is InChI=1S/C35H36F2N6O3/c1-3-29(45)43-11-10-41(18-22(43)16-38-2)33-27-14-28(44)30(24-7-4-6-23-25-12-20(25)13-26(23)24)31(37)32(27)39-34(40-33)46-19-35-8-5-9-42(35)17-21(36)15-35/h3-4,6-7,14,20-22,25,44H,1,5,8-13,15-19H2/t20-,21+,22-,25-,35-/m0/s1. The number of fused-ring (bicyclic) bond motifs is 5. The highest BCUT2D eigenvalue weighted by Crippen LogP contribution is 2.58. The van der Waals surface area contributed by atoms with Crippen molar-refractivity contribution < 1.29 is 23.4 Å². The third-order valence-electron chi connectivity index (χ3n) is 10.9. The fourth-order valence-corrected chi connectivity index (χ4v) is 8.63. The Hall–Kier alpha value is -4.30. The van der Waals surface area contributed by atoms with Gasteiger partial charge in [0.15, 0.2) is 5.82 Å². The number of benzene rings is 2. The number of alkyl halides is 1. The molecule has 0 bridgehead atoms. The minimum absolute atomic E-state index is 0.0209. The lowest BCUT2D eigenvalue weighted by Gasteiger charge is -2.39. The summed E-state index contributed by atoms with van der Waals surface area (Å²) in [4.78, 5) is 31.2. The first kappa shape index (κ1) is 29.1. The molecule has 46 heavy (non-hydrogen) atoms. The first-order chi connectivity index (χ1) is 22.3. The Balaban J connectivity index is 1.22. The smallest absolute Gasteiger partial charge is 0.319 e. The zero-order valence-electron chi connectivity index (χ0n) is 25.6. The summed E-state index contributed by atoms with van der Waals surface area (Å²) in [5.41, 5.74) is 2.68. The Morgan fingerprint density at radius 2 is 2.13 bits per heavy atom. The lowest BCUT2D eigenvalue weighted by atomic mass is 9.92. The van der Waals surface area contributed by atoms with Crippen LogP contribution in [0.5, 0.6) is 11.8 Å². The van der Waals surface area contributed by atoms with Gasteiger partial charge in [0.1, 0.15) is 35.9 Å². The van der Waals surface area contributed by atoms with Crippen LogP contribution in [-0.4, -0.2) is 94.4 Å². The van der Waals surface area contributed by atoms with Crippen molar-refractivity contribution in [1.29, 1.82) is 0 Å². The van der Waals surface area contributed by atoms with Gasteiger partial charge in [-0.2, -0.15) is 9.97 Å². The minimum Gasteiger partial charge on any atom is -0.507 e. The summed E-state index contributed by atoms with van der Waals surface area (Å²) in [6.07, 6.45) is 4.47. The van der Waals surface area contributed by atoms with Gasteiger partial charge in [-0.05, 0) is 72.9 Å². The van der Waals surface area contributed by atoms with Crippen LogP contribution in [0.3, 0.4) is 0 Å². The molecule has 3 saturated heterocycles. The van der Waals surface area contributed by atoms with Gasteiger partial charge in [-0.1, -0.05) is 24.8 Å². The van der Waals surface area contributed by atoms with Crippen molar-refractivity contribution in [3.05, 3.63) is 65.3 Å². The lowest BCUT2D eigenvalue weighted by molar-refractivity contribution is -0.128. The average Bonchev–Trinajstić information content (AvgIpc) is 3.39. The maximum absolute atomic E-state index is 16.9. The zero-order valence-corrected chi connectivity index (χ0v) is 25.6. The second-order valence-corrected chi connectivity index (χ2v) is 13.5. The summed E-state index contributed by atoms with van der Waals surface area (Å²) in [5.74, 6) is 0.349. The minimum atomic E-state index is -0.924. The molecule has 1 N–H and O–H groups in total. The molecule has 0 radical (unpaired) electrons. The number of piperazine rings is 1. The van der Waals surface area contributed by atoms with Crippen LogP contribution < -0.4 is 9.64 Å².